The van der Waals surface area contributed by atoms with Gasteiger partial charge in [-0.05, 0) is 18.6 Å². The molecule has 6 nitrogen and oxygen atoms in total. The molecule has 0 saturated heterocycles. The van der Waals surface area contributed by atoms with Gasteiger partial charge in [0.25, 0.3) is 0 Å². The summed E-state index contributed by atoms with van der Waals surface area (Å²) in [7, 11) is -1.84. The molecular weight excluding hydrogens is 254 g/mol. The average molecular weight is 271 g/mol. The molecule has 18 heavy (non-hydrogen) atoms. The predicted molar refractivity (Wildman–Crippen MR) is 71.4 cm³/mol. The van der Waals surface area contributed by atoms with Gasteiger partial charge in [-0.2, -0.15) is 0 Å². The van der Waals surface area contributed by atoms with E-state index in [1.807, 2.05) is 0 Å². The molecule has 0 radical (unpaired) electrons. The van der Waals surface area contributed by atoms with Gasteiger partial charge >= 0.3 is 0 Å². The van der Waals surface area contributed by atoms with E-state index in [4.69, 9.17) is 10.9 Å². The van der Waals surface area contributed by atoms with Crippen molar-refractivity contribution < 1.29 is 13.6 Å². The lowest BCUT2D eigenvalue weighted by atomic mass is 10.2. The van der Waals surface area contributed by atoms with Crippen LogP contribution in [0.4, 0.5) is 5.69 Å². The van der Waals surface area contributed by atoms with Crippen LogP contribution in [-0.4, -0.2) is 32.3 Å². The van der Waals surface area contributed by atoms with Crippen LogP contribution in [0.1, 0.15) is 18.9 Å². The van der Waals surface area contributed by atoms with Gasteiger partial charge in [0.1, 0.15) is 0 Å². The molecule has 0 fully saturated rings. The second-order valence-corrected chi connectivity index (χ2v) is 5.94. The van der Waals surface area contributed by atoms with Gasteiger partial charge < -0.3 is 10.9 Å². The van der Waals surface area contributed by atoms with Crippen LogP contribution in [0.3, 0.4) is 0 Å². The van der Waals surface area contributed by atoms with Crippen molar-refractivity contribution in [2.75, 3.05) is 17.1 Å². The summed E-state index contributed by atoms with van der Waals surface area (Å²) in [5.41, 5.74) is 6.41. The summed E-state index contributed by atoms with van der Waals surface area (Å²) in [6.45, 7) is 1.80. The van der Waals surface area contributed by atoms with Crippen LogP contribution in [-0.2, 0) is 10.0 Å². The summed E-state index contributed by atoms with van der Waals surface area (Å²) in [5.74, 6) is 0.0234. The first-order chi connectivity index (χ1) is 8.42. The number of hydrogen-bond donors (Lipinski definition) is 2. The van der Waals surface area contributed by atoms with E-state index in [2.05, 4.69) is 5.16 Å². The third kappa shape index (κ3) is 3.13. The topological polar surface area (TPSA) is 96.0 Å². The van der Waals surface area contributed by atoms with Crippen LogP contribution in [0.25, 0.3) is 0 Å². The Morgan fingerprint density at radius 1 is 1.50 bits per heavy atom. The van der Waals surface area contributed by atoms with E-state index in [1.165, 1.54) is 11.4 Å². The number of benzene rings is 1. The predicted octanol–water partition coefficient (Wildman–Crippen LogP) is 0.957. The van der Waals surface area contributed by atoms with Crippen molar-refractivity contribution in [2.45, 2.75) is 13.3 Å². The number of hydrogen-bond acceptors (Lipinski definition) is 4. The smallest absolute Gasteiger partial charge is 0.234 e. The Morgan fingerprint density at radius 2 is 2.17 bits per heavy atom. The van der Waals surface area contributed by atoms with E-state index in [9.17, 15) is 8.42 Å². The monoisotopic (exact) mass is 271 g/mol. The Balaban J connectivity index is 3.11. The second kappa shape index (κ2) is 5.72. The van der Waals surface area contributed by atoms with Crippen LogP contribution in [0.15, 0.2) is 29.4 Å². The van der Waals surface area contributed by atoms with Crippen molar-refractivity contribution >= 4 is 21.5 Å². The zero-order chi connectivity index (χ0) is 13.8. The minimum absolute atomic E-state index is 0.0573. The molecular formula is C11H17N3O3S. The van der Waals surface area contributed by atoms with E-state index in [-0.39, 0.29) is 11.6 Å². The molecule has 3 N–H and O–H groups in total. The van der Waals surface area contributed by atoms with Gasteiger partial charge in [-0.3, -0.25) is 4.31 Å². The number of amidine groups is 1. The Morgan fingerprint density at radius 3 is 2.72 bits per heavy atom. The highest BCUT2D eigenvalue weighted by Crippen LogP contribution is 2.18. The molecule has 0 saturated carbocycles. The molecule has 1 aromatic carbocycles. The fourth-order valence-electron chi connectivity index (χ4n) is 1.47. The molecule has 0 aliphatic carbocycles. The largest absolute Gasteiger partial charge is 0.409 e. The Labute approximate surface area is 107 Å². The van der Waals surface area contributed by atoms with Gasteiger partial charge in [0, 0.05) is 12.6 Å². The van der Waals surface area contributed by atoms with Gasteiger partial charge in [-0.1, -0.05) is 24.2 Å². The summed E-state index contributed by atoms with van der Waals surface area (Å²) < 4.78 is 25.0. The molecule has 0 aliphatic heterocycles. The van der Waals surface area contributed by atoms with Gasteiger partial charge in [0.05, 0.1) is 11.4 Å². The third-order valence-corrected chi connectivity index (χ3v) is 4.46. The van der Waals surface area contributed by atoms with E-state index >= 15 is 0 Å². The number of sulfonamides is 1. The number of nitrogens with two attached hydrogens (primary N) is 1. The summed E-state index contributed by atoms with van der Waals surface area (Å²) in [4.78, 5) is 0. The lowest BCUT2D eigenvalue weighted by molar-refractivity contribution is 0.318. The number of rotatable bonds is 5. The highest BCUT2D eigenvalue weighted by atomic mass is 32.2. The Bertz CT molecular complexity index is 540. The van der Waals surface area contributed by atoms with E-state index in [1.54, 1.807) is 31.2 Å². The Hall–Kier alpha value is -1.76. The van der Waals surface area contributed by atoms with Gasteiger partial charge in [0.2, 0.25) is 10.0 Å². The van der Waals surface area contributed by atoms with Crippen LogP contribution in [0, 0.1) is 0 Å². The highest BCUT2D eigenvalue weighted by molar-refractivity contribution is 7.92. The molecule has 0 bridgehead atoms. The zero-order valence-corrected chi connectivity index (χ0v) is 11.2. The third-order valence-electron chi connectivity index (χ3n) is 2.49. The maximum Gasteiger partial charge on any atom is 0.234 e. The first-order valence-corrected chi connectivity index (χ1v) is 7.08. The van der Waals surface area contributed by atoms with Crippen LogP contribution in [0.5, 0.6) is 0 Å². The minimum atomic E-state index is -3.32. The molecule has 1 rings (SSSR count). The van der Waals surface area contributed by atoms with Crippen LogP contribution >= 0.6 is 0 Å². The fraction of sp³-hybridized carbons (Fsp3) is 0.364. The molecule has 0 spiro atoms. The second-order valence-electron chi connectivity index (χ2n) is 3.82. The highest BCUT2D eigenvalue weighted by Gasteiger charge is 2.17. The number of anilines is 1. The van der Waals surface area contributed by atoms with Crippen molar-refractivity contribution in [1.29, 1.82) is 0 Å². The SMILES string of the molecule is CCCS(=O)(=O)N(C)c1cccc(C(N)=NO)c1. The first kappa shape index (κ1) is 14.3. The maximum atomic E-state index is 11.9. The maximum absolute atomic E-state index is 11.9. The molecule has 100 valence electrons. The van der Waals surface area contributed by atoms with Crippen molar-refractivity contribution in [3.05, 3.63) is 29.8 Å². The number of nitrogens with zero attached hydrogens (tertiary/aromatic N) is 2. The standard InChI is InChI=1S/C11H17N3O3S/c1-3-7-18(16,17)14(2)10-6-4-5-9(8-10)11(12)13-15/h4-6,8,15H,3,7H2,1-2H3,(H2,12,13). The Kier molecular flexibility index (Phi) is 4.55. The van der Waals surface area contributed by atoms with Crippen molar-refractivity contribution in [2.24, 2.45) is 10.9 Å². The van der Waals surface area contributed by atoms with Gasteiger partial charge in [-0.25, -0.2) is 8.42 Å². The van der Waals surface area contributed by atoms with Gasteiger partial charge in [-0.15, -0.1) is 0 Å². The first-order valence-electron chi connectivity index (χ1n) is 5.47. The lowest BCUT2D eigenvalue weighted by Gasteiger charge is -2.19. The van der Waals surface area contributed by atoms with Crippen LogP contribution in [0.2, 0.25) is 0 Å². The van der Waals surface area contributed by atoms with Gasteiger partial charge in [0.15, 0.2) is 5.84 Å². The van der Waals surface area contributed by atoms with E-state index < -0.39 is 10.0 Å². The zero-order valence-electron chi connectivity index (χ0n) is 10.4. The quantitative estimate of drug-likeness (QED) is 0.361. The summed E-state index contributed by atoms with van der Waals surface area (Å²) in [5, 5.41) is 11.5. The lowest BCUT2D eigenvalue weighted by Crippen LogP contribution is -2.29. The van der Waals surface area contributed by atoms with Crippen molar-refractivity contribution in [3.63, 3.8) is 0 Å². The summed E-state index contributed by atoms with van der Waals surface area (Å²) in [6.07, 6.45) is 0.548. The molecule has 0 amide bonds. The van der Waals surface area contributed by atoms with Crippen molar-refractivity contribution in [1.82, 2.24) is 0 Å². The minimum Gasteiger partial charge on any atom is -0.409 e. The molecule has 7 heteroatoms. The summed E-state index contributed by atoms with van der Waals surface area (Å²) in [6, 6.07) is 6.50. The fourth-order valence-corrected chi connectivity index (χ4v) is 2.70. The van der Waals surface area contributed by atoms with E-state index in [0.29, 0.717) is 17.7 Å². The van der Waals surface area contributed by atoms with E-state index in [0.717, 1.165) is 0 Å². The average Bonchev–Trinajstić information content (AvgIpc) is 2.37. The molecule has 0 unspecified atom stereocenters. The normalized spacial score (nSPS) is 12.4. The van der Waals surface area contributed by atoms with Crippen molar-refractivity contribution in [3.8, 4) is 0 Å². The molecule has 1 aromatic rings. The molecule has 0 aromatic heterocycles. The molecule has 0 atom stereocenters. The summed E-state index contributed by atoms with van der Waals surface area (Å²) >= 11 is 0. The molecule has 0 aliphatic rings. The molecule has 0 heterocycles. The number of oxime groups is 1. The van der Waals surface area contributed by atoms with Crippen LogP contribution < -0.4 is 10.0 Å².